The van der Waals surface area contributed by atoms with Gasteiger partial charge in [0, 0.05) is 18.6 Å². The van der Waals surface area contributed by atoms with Gasteiger partial charge >= 0.3 is 5.97 Å². The van der Waals surface area contributed by atoms with Crippen LogP contribution in [0, 0.1) is 11.6 Å². The van der Waals surface area contributed by atoms with Gasteiger partial charge < -0.3 is 10.4 Å². The second-order valence-corrected chi connectivity index (χ2v) is 6.59. The summed E-state index contributed by atoms with van der Waals surface area (Å²) in [5.41, 5.74) is 0.368. The predicted octanol–water partition coefficient (Wildman–Crippen LogP) is 2.86. The van der Waals surface area contributed by atoms with Crippen LogP contribution in [-0.2, 0) is 9.59 Å². The lowest BCUT2D eigenvalue weighted by Crippen LogP contribution is -2.51. The Bertz CT molecular complexity index is 629. The molecule has 7 heteroatoms. The molecule has 0 unspecified atom stereocenters. The summed E-state index contributed by atoms with van der Waals surface area (Å²) in [4.78, 5) is 25.4. The van der Waals surface area contributed by atoms with Crippen molar-refractivity contribution in [3.63, 3.8) is 0 Å². The van der Waals surface area contributed by atoms with E-state index in [0.29, 0.717) is 5.56 Å². The quantitative estimate of drug-likeness (QED) is 0.824. The standard InChI is InChI=1S/C18H24F2N2O3/c1-11-4-3-5-12(2)22(11)17(18(25)21-9-8-16(23)24)13-6-7-14(19)15(20)10-13/h6-7,10-12,17H,3-5,8-9H2,1-2H3,(H,21,25)(H,23,24)/t11-,12+,17-/m0/s1. The number of carboxylic acids is 1. The molecule has 0 saturated carbocycles. The van der Waals surface area contributed by atoms with Crippen molar-refractivity contribution in [3.8, 4) is 0 Å². The normalized spacial score (nSPS) is 22.4. The van der Waals surface area contributed by atoms with E-state index >= 15 is 0 Å². The van der Waals surface area contributed by atoms with Crippen molar-refractivity contribution in [2.75, 3.05) is 6.54 Å². The summed E-state index contributed by atoms with van der Waals surface area (Å²) in [5, 5.41) is 11.3. The Morgan fingerprint density at radius 1 is 1.24 bits per heavy atom. The lowest BCUT2D eigenvalue weighted by Gasteiger charge is -2.43. The molecule has 1 aliphatic rings. The highest BCUT2D eigenvalue weighted by Crippen LogP contribution is 2.33. The maximum Gasteiger partial charge on any atom is 0.305 e. The predicted molar refractivity (Wildman–Crippen MR) is 89.0 cm³/mol. The number of carbonyl (C=O) groups excluding carboxylic acids is 1. The van der Waals surface area contributed by atoms with Crippen LogP contribution in [0.5, 0.6) is 0 Å². The van der Waals surface area contributed by atoms with Crippen LogP contribution in [0.2, 0.25) is 0 Å². The van der Waals surface area contributed by atoms with Crippen LogP contribution < -0.4 is 5.32 Å². The maximum atomic E-state index is 13.7. The maximum absolute atomic E-state index is 13.7. The minimum atomic E-state index is -1.01. The average Bonchev–Trinajstić information content (AvgIpc) is 2.53. The van der Waals surface area contributed by atoms with Gasteiger partial charge in [-0.05, 0) is 44.4 Å². The van der Waals surface area contributed by atoms with E-state index in [-0.39, 0.29) is 25.0 Å². The number of nitrogens with zero attached hydrogens (tertiary/aromatic N) is 1. The van der Waals surface area contributed by atoms with E-state index in [4.69, 9.17) is 5.11 Å². The second kappa shape index (κ2) is 8.38. The summed E-state index contributed by atoms with van der Waals surface area (Å²) < 4.78 is 27.0. The number of amides is 1. The van der Waals surface area contributed by atoms with Gasteiger partial charge in [0.2, 0.25) is 5.91 Å². The highest BCUT2D eigenvalue weighted by molar-refractivity contribution is 5.83. The van der Waals surface area contributed by atoms with Crippen LogP contribution >= 0.6 is 0 Å². The average molecular weight is 354 g/mol. The Hall–Kier alpha value is -2.02. The van der Waals surface area contributed by atoms with Crippen molar-refractivity contribution in [1.82, 2.24) is 10.2 Å². The zero-order chi connectivity index (χ0) is 18.6. The second-order valence-electron chi connectivity index (χ2n) is 6.59. The molecule has 0 aliphatic carbocycles. The fraction of sp³-hybridized carbons (Fsp3) is 0.556. The van der Waals surface area contributed by atoms with Gasteiger partial charge in [-0.25, -0.2) is 8.78 Å². The van der Waals surface area contributed by atoms with Crippen LogP contribution in [-0.4, -0.2) is 40.5 Å². The topological polar surface area (TPSA) is 69.6 Å². The molecule has 1 heterocycles. The van der Waals surface area contributed by atoms with E-state index in [2.05, 4.69) is 5.32 Å². The van der Waals surface area contributed by atoms with Gasteiger partial charge in [0.15, 0.2) is 11.6 Å². The number of likely N-dealkylation sites (tertiary alicyclic amines) is 1. The smallest absolute Gasteiger partial charge is 0.305 e. The third-order valence-electron chi connectivity index (χ3n) is 4.71. The van der Waals surface area contributed by atoms with Gasteiger partial charge in [-0.2, -0.15) is 0 Å². The van der Waals surface area contributed by atoms with E-state index < -0.39 is 29.6 Å². The zero-order valence-corrected chi connectivity index (χ0v) is 14.5. The van der Waals surface area contributed by atoms with Crippen molar-refractivity contribution >= 4 is 11.9 Å². The molecule has 1 amide bonds. The molecule has 138 valence electrons. The molecule has 1 aliphatic heterocycles. The van der Waals surface area contributed by atoms with Gasteiger partial charge in [0.25, 0.3) is 0 Å². The number of nitrogens with one attached hydrogen (secondary N) is 1. The fourth-order valence-electron chi connectivity index (χ4n) is 3.48. The molecule has 2 N–H and O–H groups in total. The Balaban J connectivity index is 2.31. The van der Waals surface area contributed by atoms with Gasteiger partial charge in [-0.3, -0.25) is 14.5 Å². The van der Waals surface area contributed by atoms with Crippen molar-refractivity contribution in [2.45, 2.75) is 57.7 Å². The highest BCUT2D eigenvalue weighted by Gasteiger charge is 2.36. The first-order chi connectivity index (χ1) is 11.8. The molecule has 0 bridgehead atoms. The Morgan fingerprint density at radius 2 is 1.88 bits per heavy atom. The molecule has 1 fully saturated rings. The first kappa shape index (κ1) is 19.3. The van der Waals surface area contributed by atoms with Crippen LogP contribution in [0.3, 0.4) is 0 Å². The molecule has 25 heavy (non-hydrogen) atoms. The SMILES string of the molecule is C[C@@H]1CCC[C@H](C)N1[C@H](C(=O)NCCC(=O)O)c1ccc(F)c(F)c1. The first-order valence-corrected chi connectivity index (χ1v) is 8.53. The molecule has 0 spiro atoms. The Morgan fingerprint density at radius 3 is 2.44 bits per heavy atom. The Labute approximate surface area is 146 Å². The van der Waals surface area contributed by atoms with Crippen LogP contribution in [0.25, 0.3) is 0 Å². The largest absolute Gasteiger partial charge is 0.481 e. The molecule has 0 aromatic heterocycles. The van der Waals surface area contributed by atoms with Crippen molar-refractivity contribution in [2.24, 2.45) is 0 Å². The minimum absolute atomic E-state index is 0.00898. The summed E-state index contributed by atoms with van der Waals surface area (Å²) in [6, 6.07) is 2.90. The summed E-state index contributed by atoms with van der Waals surface area (Å²) in [6.45, 7) is 4.01. The number of hydrogen-bond donors (Lipinski definition) is 2. The first-order valence-electron chi connectivity index (χ1n) is 8.53. The van der Waals surface area contributed by atoms with Crippen LogP contribution in [0.4, 0.5) is 8.78 Å². The van der Waals surface area contributed by atoms with E-state index in [9.17, 15) is 18.4 Å². The molecule has 0 radical (unpaired) electrons. The van der Waals surface area contributed by atoms with E-state index in [0.717, 1.165) is 31.4 Å². The summed E-state index contributed by atoms with van der Waals surface area (Å²) in [7, 11) is 0. The third-order valence-corrected chi connectivity index (χ3v) is 4.71. The van der Waals surface area contributed by atoms with Gasteiger partial charge in [0.05, 0.1) is 6.42 Å². The minimum Gasteiger partial charge on any atom is -0.481 e. The molecule has 1 aromatic rings. The lowest BCUT2D eigenvalue weighted by molar-refractivity contribution is -0.137. The van der Waals surface area contributed by atoms with E-state index in [1.54, 1.807) is 0 Å². The van der Waals surface area contributed by atoms with Crippen molar-refractivity contribution in [3.05, 3.63) is 35.4 Å². The molecule has 3 atom stereocenters. The number of piperidine rings is 1. The fourth-order valence-corrected chi connectivity index (χ4v) is 3.48. The molecule has 1 aromatic carbocycles. The third kappa shape index (κ3) is 4.75. The summed E-state index contributed by atoms with van der Waals surface area (Å²) in [6.07, 6.45) is 2.67. The van der Waals surface area contributed by atoms with Gasteiger partial charge in [0.1, 0.15) is 6.04 Å². The molecular weight excluding hydrogens is 330 g/mol. The molecule has 2 rings (SSSR count). The molecular formula is C18H24F2N2O3. The highest BCUT2D eigenvalue weighted by atomic mass is 19.2. The number of carboxylic acid groups (broad SMARTS) is 1. The van der Waals surface area contributed by atoms with Crippen LogP contribution in [0.15, 0.2) is 18.2 Å². The number of rotatable bonds is 6. The van der Waals surface area contributed by atoms with Crippen molar-refractivity contribution < 1.29 is 23.5 Å². The van der Waals surface area contributed by atoms with E-state index in [1.165, 1.54) is 6.07 Å². The summed E-state index contributed by atoms with van der Waals surface area (Å²) in [5.74, 6) is -3.37. The zero-order valence-electron chi connectivity index (χ0n) is 14.5. The number of hydrogen-bond acceptors (Lipinski definition) is 3. The Kier molecular flexibility index (Phi) is 6.47. The summed E-state index contributed by atoms with van der Waals surface area (Å²) >= 11 is 0. The monoisotopic (exact) mass is 354 g/mol. The number of carbonyl (C=O) groups is 2. The molecule has 5 nitrogen and oxygen atoms in total. The van der Waals surface area contributed by atoms with Crippen LogP contribution in [0.1, 0.15) is 51.1 Å². The number of halogens is 2. The van der Waals surface area contributed by atoms with Gasteiger partial charge in [-0.15, -0.1) is 0 Å². The van der Waals surface area contributed by atoms with Gasteiger partial charge in [-0.1, -0.05) is 12.5 Å². The number of aliphatic carboxylic acids is 1. The number of benzene rings is 1. The van der Waals surface area contributed by atoms with E-state index in [1.807, 2.05) is 18.7 Å². The van der Waals surface area contributed by atoms with Crippen molar-refractivity contribution in [1.29, 1.82) is 0 Å². The molecule has 1 saturated heterocycles. The lowest BCUT2D eigenvalue weighted by atomic mass is 9.92.